The van der Waals surface area contributed by atoms with Gasteiger partial charge in [0, 0.05) is 17.1 Å². The van der Waals surface area contributed by atoms with Crippen molar-refractivity contribution in [3.63, 3.8) is 0 Å². The number of nitrogens with one attached hydrogen (secondary N) is 2. The maximum absolute atomic E-state index is 5.85. The molecule has 0 unspecified atom stereocenters. The summed E-state index contributed by atoms with van der Waals surface area (Å²) in [5.74, 6) is 1.19. The molecule has 0 aliphatic heterocycles. The number of rotatable bonds is 4. The second-order valence-electron chi connectivity index (χ2n) is 5.52. The second-order valence-corrected chi connectivity index (χ2v) is 5.96. The van der Waals surface area contributed by atoms with Crippen molar-refractivity contribution in [2.75, 3.05) is 10.6 Å². The average Bonchev–Trinajstić information content (AvgIpc) is 2.36. The van der Waals surface area contributed by atoms with E-state index in [1.54, 1.807) is 6.20 Å². The van der Waals surface area contributed by atoms with Crippen LogP contribution in [0.1, 0.15) is 26.3 Å². The van der Waals surface area contributed by atoms with Crippen molar-refractivity contribution in [2.24, 2.45) is 0 Å². The quantitative estimate of drug-likeness (QED) is 0.904. The normalized spacial score (nSPS) is 11.2. The Morgan fingerprint density at radius 3 is 2.50 bits per heavy atom. The first-order valence-corrected chi connectivity index (χ1v) is 6.76. The molecular weight excluding hydrogens is 274 g/mol. The fourth-order valence-electron chi connectivity index (χ4n) is 1.57. The van der Waals surface area contributed by atoms with Crippen LogP contribution in [0.2, 0.25) is 5.02 Å². The van der Waals surface area contributed by atoms with Gasteiger partial charge in [0.05, 0.1) is 6.20 Å². The van der Waals surface area contributed by atoms with Gasteiger partial charge in [0.25, 0.3) is 0 Å². The number of benzene rings is 1. The lowest BCUT2D eigenvalue weighted by Gasteiger charge is -2.20. The van der Waals surface area contributed by atoms with Crippen molar-refractivity contribution < 1.29 is 0 Å². The van der Waals surface area contributed by atoms with Gasteiger partial charge in [-0.15, -0.1) is 5.10 Å². The van der Waals surface area contributed by atoms with Crippen LogP contribution in [-0.4, -0.2) is 20.7 Å². The molecule has 1 aromatic heterocycles. The molecule has 0 amide bonds. The number of halogens is 1. The Bertz CT molecular complexity index is 563. The molecule has 0 spiro atoms. The summed E-state index contributed by atoms with van der Waals surface area (Å²) in [7, 11) is 0. The van der Waals surface area contributed by atoms with Gasteiger partial charge in [-0.3, -0.25) is 0 Å². The summed E-state index contributed by atoms with van der Waals surface area (Å²) in [6.45, 7) is 6.79. The van der Waals surface area contributed by atoms with Crippen molar-refractivity contribution in [1.82, 2.24) is 15.2 Å². The van der Waals surface area contributed by atoms with E-state index in [0.717, 1.165) is 10.6 Å². The molecular formula is C14H18ClN5. The highest BCUT2D eigenvalue weighted by Crippen LogP contribution is 2.13. The van der Waals surface area contributed by atoms with Gasteiger partial charge in [-0.25, -0.2) is 0 Å². The van der Waals surface area contributed by atoms with Crippen molar-refractivity contribution in [1.29, 1.82) is 0 Å². The van der Waals surface area contributed by atoms with E-state index in [1.807, 2.05) is 45.0 Å². The number of nitrogens with zero attached hydrogens (tertiary/aromatic N) is 3. The number of hydrogen-bond acceptors (Lipinski definition) is 5. The Hall–Kier alpha value is -1.88. The fraction of sp³-hybridized carbons (Fsp3) is 0.357. The molecule has 0 fully saturated rings. The summed E-state index contributed by atoms with van der Waals surface area (Å²) in [4.78, 5) is 4.37. The first-order chi connectivity index (χ1) is 9.42. The molecule has 0 saturated carbocycles. The SMILES string of the molecule is CC(C)(C)Nc1nncc(NCc2ccc(Cl)cc2)n1. The van der Waals surface area contributed by atoms with Gasteiger partial charge < -0.3 is 10.6 Å². The maximum atomic E-state index is 5.85. The average molecular weight is 292 g/mol. The zero-order valence-electron chi connectivity index (χ0n) is 11.8. The molecule has 0 bridgehead atoms. The Balaban J connectivity index is 1.99. The zero-order chi connectivity index (χ0) is 14.6. The van der Waals surface area contributed by atoms with Crippen LogP contribution in [0.4, 0.5) is 11.8 Å². The molecule has 2 aromatic rings. The molecule has 2 N–H and O–H groups in total. The second kappa shape index (κ2) is 6.05. The van der Waals surface area contributed by atoms with Crippen LogP contribution >= 0.6 is 11.6 Å². The summed E-state index contributed by atoms with van der Waals surface area (Å²) in [5, 5.41) is 15.0. The van der Waals surface area contributed by atoms with Gasteiger partial charge in [0.2, 0.25) is 5.95 Å². The van der Waals surface area contributed by atoms with Crippen LogP contribution in [0.15, 0.2) is 30.5 Å². The first kappa shape index (κ1) is 14.5. The van der Waals surface area contributed by atoms with E-state index in [-0.39, 0.29) is 5.54 Å². The van der Waals surface area contributed by atoms with E-state index in [2.05, 4.69) is 25.8 Å². The third-order valence-corrected chi connectivity index (χ3v) is 2.68. The predicted octanol–water partition coefficient (Wildman–Crippen LogP) is 3.35. The van der Waals surface area contributed by atoms with Crippen molar-refractivity contribution in [2.45, 2.75) is 32.9 Å². The molecule has 6 heteroatoms. The van der Waals surface area contributed by atoms with Gasteiger partial charge in [0.1, 0.15) is 0 Å². The molecule has 0 atom stereocenters. The van der Waals surface area contributed by atoms with Gasteiger partial charge in [-0.05, 0) is 38.5 Å². The number of hydrogen-bond donors (Lipinski definition) is 2. The largest absolute Gasteiger partial charge is 0.365 e. The van der Waals surface area contributed by atoms with Crippen molar-refractivity contribution >= 4 is 23.4 Å². The smallest absolute Gasteiger partial charge is 0.245 e. The van der Waals surface area contributed by atoms with Crippen LogP contribution in [0, 0.1) is 0 Å². The Kier molecular flexibility index (Phi) is 4.39. The third kappa shape index (κ3) is 4.66. The summed E-state index contributed by atoms with van der Waals surface area (Å²) in [5.41, 5.74) is 1.02. The molecule has 0 aliphatic carbocycles. The molecule has 106 valence electrons. The van der Waals surface area contributed by atoms with E-state index in [9.17, 15) is 0 Å². The Morgan fingerprint density at radius 1 is 1.15 bits per heavy atom. The number of anilines is 2. The lowest BCUT2D eigenvalue weighted by Crippen LogP contribution is -2.27. The minimum Gasteiger partial charge on any atom is -0.365 e. The van der Waals surface area contributed by atoms with E-state index in [0.29, 0.717) is 18.3 Å². The predicted molar refractivity (Wildman–Crippen MR) is 82.0 cm³/mol. The summed E-state index contributed by atoms with van der Waals surface area (Å²) >= 11 is 5.85. The van der Waals surface area contributed by atoms with E-state index in [4.69, 9.17) is 11.6 Å². The van der Waals surface area contributed by atoms with Gasteiger partial charge in [-0.1, -0.05) is 23.7 Å². The highest BCUT2D eigenvalue weighted by molar-refractivity contribution is 6.30. The summed E-state index contributed by atoms with van der Waals surface area (Å²) in [6.07, 6.45) is 1.60. The molecule has 0 aliphatic rings. The summed E-state index contributed by atoms with van der Waals surface area (Å²) < 4.78 is 0. The Morgan fingerprint density at radius 2 is 1.85 bits per heavy atom. The van der Waals surface area contributed by atoms with Crippen LogP contribution in [0.3, 0.4) is 0 Å². The van der Waals surface area contributed by atoms with Crippen LogP contribution in [-0.2, 0) is 6.54 Å². The van der Waals surface area contributed by atoms with E-state index >= 15 is 0 Å². The van der Waals surface area contributed by atoms with Crippen LogP contribution in [0.25, 0.3) is 0 Å². The third-order valence-electron chi connectivity index (χ3n) is 2.43. The van der Waals surface area contributed by atoms with Gasteiger partial charge >= 0.3 is 0 Å². The minimum absolute atomic E-state index is 0.101. The lowest BCUT2D eigenvalue weighted by atomic mass is 10.1. The molecule has 5 nitrogen and oxygen atoms in total. The maximum Gasteiger partial charge on any atom is 0.245 e. The van der Waals surface area contributed by atoms with E-state index in [1.165, 1.54) is 0 Å². The molecule has 1 aromatic carbocycles. The number of aromatic nitrogens is 3. The van der Waals surface area contributed by atoms with Gasteiger partial charge in [0.15, 0.2) is 5.82 Å². The lowest BCUT2D eigenvalue weighted by molar-refractivity contribution is 0.623. The topological polar surface area (TPSA) is 62.7 Å². The van der Waals surface area contributed by atoms with Gasteiger partial charge in [-0.2, -0.15) is 10.1 Å². The first-order valence-electron chi connectivity index (χ1n) is 6.39. The molecule has 0 radical (unpaired) electrons. The van der Waals surface area contributed by atoms with Crippen molar-refractivity contribution in [3.05, 3.63) is 41.0 Å². The zero-order valence-corrected chi connectivity index (χ0v) is 12.6. The summed E-state index contributed by atoms with van der Waals surface area (Å²) in [6, 6.07) is 7.67. The molecule has 1 heterocycles. The van der Waals surface area contributed by atoms with E-state index < -0.39 is 0 Å². The molecule has 2 rings (SSSR count). The highest BCUT2D eigenvalue weighted by atomic mass is 35.5. The van der Waals surface area contributed by atoms with Crippen molar-refractivity contribution in [3.8, 4) is 0 Å². The highest BCUT2D eigenvalue weighted by Gasteiger charge is 2.11. The monoisotopic (exact) mass is 291 g/mol. The Labute approximate surface area is 123 Å². The standard InChI is InChI=1S/C14H18ClN5/c1-14(2,3)19-13-18-12(9-17-20-13)16-8-10-4-6-11(15)7-5-10/h4-7,9H,8H2,1-3H3,(H2,16,18,19,20). The van der Waals surface area contributed by atoms with Crippen LogP contribution in [0.5, 0.6) is 0 Å². The fourth-order valence-corrected chi connectivity index (χ4v) is 1.70. The molecule has 20 heavy (non-hydrogen) atoms. The van der Waals surface area contributed by atoms with Crippen LogP contribution < -0.4 is 10.6 Å². The minimum atomic E-state index is -0.101. The molecule has 0 saturated heterocycles.